The Hall–Kier alpha value is -2.40. The van der Waals surface area contributed by atoms with Gasteiger partial charge >= 0.3 is 0 Å². The number of halogens is 2. The predicted octanol–water partition coefficient (Wildman–Crippen LogP) is -0.543. The summed E-state index contributed by atoms with van der Waals surface area (Å²) in [5.74, 6) is -2.12. The van der Waals surface area contributed by atoms with Crippen LogP contribution < -0.4 is 32.7 Å². The van der Waals surface area contributed by atoms with Crippen LogP contribution in [-0.2, 0) is 25.6 Å². The molecule has 178 valence electrons. The monoisotopic (exact) mass is 488 g/mol. The van der Waals surface area contributed by atoms with E-state index >= 15 is 0 Å². The largest absolute Gasteiger partial charge is 0.368 e. The molecule has 1 aromatic carbocycles. The van der Waals surface area contributed by atoms with Crippen LogP contribution in [0.1, 0.15) is 24.8 Å². The van der Waals surface area contributed by atoms with Gasteiger partial charge in [0.2, 0.25) is 23.6 Å². The number of benzene rings is 1. The highest BCUT2D eigenvalue weighted by Crippen LogP contribution is 2.20. The molecule has 4 amide bonds. The summed E-state index contributed by atoms with van der Waals surface area (Å²) < 4.78 is 0. The van der Waals surface area contributed by atoms with Gasteiger partial charge in [-0.3, -0.25) is 19.2 Å². The second kappa shape index (κ2) is 15.4. The molecule has 0 aliphatic rings. The molecule has 0 aromatic heterocycles. The Morgan fingerprint density at radius 1 is 0.938 bits per heavy atom. The van der Waals surface area contributed by atoms with Crippen molar-refractivity contribution in [2.45, 2.75) is 31.7 Å². The van der Waals surface area contributed by atoms with Gasteiger partial charge in [0.25, 0.3) is 0 Å². The molecule has 0 saturated heterocycles. The standard InChI is InChI=1S/C20H30Cl2N6O4/c21-14-5-4-13(15(22)9-14)6-8-25-10-17(29)26-11-18(30)27-12-19(31)28-16(20(24)32)3-1-2-7-23/h4-5,9,16,25H,1-3,6-8,10-12,23H2,(H2,24,32)(H,26,29)(H,27,30)(H,28,31). The number of carbonyl (C=O) groups is 4. The van der Waals surface area contributed by atoms with E-state index in [4.69, 9.17) is 34.7 Å². The van der Waals surface area contributed by atoms with E-state index in [-0.39, 0.29) is 25.5 Å². The summed E-state index contributed by atoms with van der Waals surface area (Å²) in [4.78, 5) is 46.9. The summed E-state index contributed by atoms with van der Waals surface area (Å²) in [6.45, 7) is 0.380. The topological polar surface area (TPSA) is 168 Å². The van der Waals surface area contributed by atoms with Crippen LogP contribution in [0.2, 0.25) is 10.0 Å². The maximum absolute atomic E-state index is 11.9. The molecule has 8 N–H and O–H groups in total. The van der Waals surface area contributed by atoms with Crippen LogP contribution in [0.25, 0.3) is 0 Å². The van der Waals surface area contributed by atoms with Crippen molar-refractivity contribution in [3.05, 3.63) is 33.8 Å². The van der Waals surface area contributed by atoms with E-state index < -0.39 is 23.8 Å². The third-order valence-electron chi connectivity index (χ3n) is 4.39. The van der Waals surface area contributed by atoms with E-state index in [1.54, 1.807) is 12.1 Å². The van der Waals surface area contributed by atoms with E-state index in [9.17, 15) is 19.2 Å². The summed E-state index contributed by atoms with van der Waals surface area (Å²) in [5.41, 5.74) is 11.6. The normalized spacial score (nSPS) is 11.5. The van der Waals surface area contributed by atoms with Crippen LogP contribution in [0.3, 0.4) is 0 Å². The summed E-state index contributed by atoms with van der Waals surface area (Å²) in [6, 6.07) is 4.39. The highest BCUT2D eigenvalue weighted by atomic mass is 35.5. The number of unbranched alkanes of at least 4 members (excludes halogenated alkanes) is 1. The molecule has 0 saturated carbocycles. The molecule has 0 aliphatic carbocycles. The van der Waals surface area contributed by atoms with Crippen LogP contribution in [0.15, 0.2) is 18.2 Å². The molecule has 1 rings (SSSR count). The molecule has 0 spiro atoms. The minimum atomic E-state index is -0.820. The van der Waals surface area contributed by atoms with Crippen molar-refractivity contribution in [2.75, 3.05) is 32.7 Å². The van der Waals surface area contributed by atoms with E-state index in [1.807, 2.05) is 6.07 Å². The van der Waals surface area contributed by atoms with Gasteiger partial charge in [-0.25, -0.2) is 0 Å². The molecule has 1 aromatic rings. The molecule has 12 heteroatoms. The smallest absolute Gasteiger partial charge is 0.240 e. The zero-order chi connectivity index (χ0) is 23.9. The lowest BCUT2D eigenvalue weighted by molar-refractivity contribution is -0.129. The Balaban J connectivity index is 2.20. The average Bonchev–Trinajstić information content (AvgIpc) is 2.74. The van der Waals surface area contributed by atoms with Crippen molar-refractivity contribution in [1.29, 1.82) is 0 Å². The Kier molecular flexibility index (Phi) is 13.3. The second-order valence-corrected chi connectivity index (χ2v) is 7.87. The van der Waals surface area contributed by atoms with E-state index in [0.717, 1.165) is 5.56 Å². The Morgan fingerprint density at radius 2 is 1.59 bits per heavy atom. The number of nitrogens with one attached hydrogen (secondary N) is 4. The lowest BCUT2D eigenvalue weighted by atomic mass is 10.1. The minimum Gasteiger partial charge on any atom is -0.368 e. The lowest BCUT2D eigenvalue weighted by Crippen LogP contribution is -2.49. The first-order valence-electron chi connectivity index (χ1n) is 10.2. The number of carbonyl (C=O) groups excluding carboxylic acids is 4. The third-order valence-corrected chi connectivity index (χ3v) is 4.98. The second-order valence-electron chi connectivity index (χ2n) is 7.02. The zero-order valence-electron chi connectivity index (χ0n) is 17.7. The number of hydrogen-bond acceptors (Lipinski definition) is 6. The zero-order valence-corrected chi connectivity index (χ0v) is 19.2. The quantitative estimate of drug-likeness (QED) is 0.181. The molecular weight excluding hydrogens is 459 g/mol. The first-order chi connectivity index (χ1) is 15.2. The van der Waals surface area contributed by atoms with Gasteiger partial charge in [-0.2, -0.15) is 0 Å². The molecule has 0 bridgehead atoms. The number of amides is 4. The molecule has 1 unspecified atom stereocenters. The Bertz CT molecular complexity index is 793. The van der Waals surface area contributed by atoms with Crippen LogP contribution >= 0.6 is 23.2 Å². The van der Waals surface area contributed by atoms with Crippen molar-refractivity contribution in [3.8, 4) is 0 Å². The van der Waals surface area contributed by atoms with Crippen molar-refractivity contribution in [3.63, 3.8) is 0 Å². The molecule has 10 nitrogen and oxygen atoms in total. The van der Waals surface area contributed by atoms with Gasteiger partial charge in [0.1, 0.15) is 6.04 Å². The van der Waals surface area contributed by atoms with E-state index in [0.29, 0.717) is 48.8 Å². The molecule has 1 atom stereocenters. The van der Waals surface area contributed by atoms with Crippen molar-refractivity contribution >= 4 is 46.8 Å². The maximum atomic E-state index is 11.9. The van der Waals surface area contributed by atoms with Gasteiger partial charge in [-0.1, -0.05) is 29.3 Å². The van der Waals surface area contributed by atoms with Crippen LogP contribution in [0.5, 0.6) is 0 Å². The van der Waals surface area contributed by atoms with Gasteiger partial charge in [-0.15, -0.1) is 0 Å². The number of primary amides is 1. The van der Waals surface area contributed by atoms with Gasteiger partial charge < -0.3 is 32.7 Å². The molecular formula is C20H30Cl2N6O4. The highest BCUT2D eigenvalue weighted by molar-refractivity contribution is 6.35. The minimum absolute atomic E-state index is 0.0159. The van der Waals surface area contributed by atoms with Crippen molar-refractivity contribution < 1.29 is 19.2 Å². The predicted molar refractivity (Wildman–Crippen MR) is 123 cm³/mol. The fraction of sp³-hybridized carbons (Fsp3) is 0.500. The summed E-state index contributed by atoms with van der Waals surface area (Å²) in [7, 11) is 0. The van der Waals surface area contributed by atoms with Crippen LogP contribution in [0, 0.1) is 0 Å². The summed E-state index contributed by atoms with van der Waals surface area (Å²) in [5, 5.41) is 11.3. The first-order valence-corrected chi connectivity index (χ1v) is 10.9. The van der Waals surface area contributed by atoms with Gasteiger partial charge in [-0.05, 0) is 56.5 Å². The first kappa shape index (κ1) is 27.6. The fourth-order valence-corrected chi connectivity index (χ4v) is 3.16. The molecule has 0 heterocycles. The highest BCUT2D eigenvalue weighted by Gasteiger charge is 2.17. The third kappa shape index (κ3) is 11.8. The summed E-state index contributed by atoms with van der Waals surface area (Å²) in [6.07, 6.45) is 2.33. The van der Waals surface area contributed by atoms with Crippen LogP contribution in [-0.4, -0.2) is 62.4 Å². The molecule has 0 radical (unpaired) electrons. The lowest BCUT2D eigenvalue weighted by Gasteiger charge is -2.15. The average molecular weight is 489 g/mol. The Labute approximate surface area is 197 Å². The Morgan fingerprint density at radius 3 is 2.22 bits per heavy atom. The van der Waals surface area contributed by atoms with Crippen molar-refractivity contribution in [2.24, 2.45) is 11.5 Å². The van der Waals surface area contributed by atoms with Crippen LogP contribution in [0.4, 0.5) is 0 Å². The number of nitrogens with two attached hydrogens (primary N) is 2. The fourth-order valence-electron chi connectivity index (χ4n) is 2.66. The van der Waals surface area contributed by atoms with E-state index in [1.165, 1.54) is 0 Å². The molecule has 32 heavy (non-hydrogen) atoms. The van der Waals surface area contributed by atoms with Crippen molar-refractivity contribution in [1.82, 2.24) is 21.3 Å². The van der Waals surface area contributed by atoms with E-state index in [2.05, 4.69) is 21.3 Å². The number of hydrogen-bond donors (Lipinski definition) is 6. The van der Waals surface area contributed by atoms with Gasteiger partial charge in [0.05, 0.1) is 19.6 Å². The molecule has 0 fully saturated rings. The molecule has 0 aliphatic heterocycles. The number of rotatable bonds is 15. The SMILES string of the molecule is NCCCCC(NC(=O)CNC(=O)CNC(=O)CNCCc1ccc(Cl)cc1Cl)C(N)=O. The van der Waals surface area contributed by atoms with Gasteiger partial charge in [0.15, 0.2) is 0 Å². The maximum Gasteiger partial charge on any atom is 0.240 e. The summed E-state index contributed by atoms with van der Waals surface area (Å²) >= 11 is 11.9. The van der Waals surface area contributed by atoms with Gasteiger partial charge in [0, 0.05) is 10.0 Å².